The summed E-state index contributed by atoms with van der Waals surface area (Å²) in [5.74, 6) is -1.23. The fourth-order valence-corrected chi connectivity index (χ4v) is 2.41. The number of nitrogens with one attached hydrogen (secondary N) is 1. The molecule has 2 aromatic rings. The summed E-state index contributed by atoms with van der Waals surface area (Å²) in [6, 6.07) is 14.9. The first-order valence-corrected chi connectivity index (χ1v) is 8.66. The van der Waals surface area contributed by atoms with Crippen molar-refractivity contribution in [3.63, 3.8) is 0 Å². The van der Waals surface area contributed by atoms with Crippen molar-refractivity contribution < 1.29 is 19.1 Å². The lowest BCUT2D eigenvalue weighted by Crippen LogP contribution is -2.37. The van der Waals surface area contributed by atoms with Gasteiger partial charge in [-0.2, -0.15) is 0 Å². The lowest BCUT2D eigenvalue weighted by atomic mass is 10.1. The molecule has 2 aromatic carbocycles. The molecule has 27 heavy (non-hydrogen) atoms. The molecule has 0 saturated carbocycles. The molecule has 6 heteroatoms. The van der Waals surface area contributed by atoms with Crippen molar-refractivity contribution in [1.82, 2.24) is 4.90 Å². The average molecular weight is 368 g/mol. The van der Waals surface area contributed by atoms with Crippen LogP contribution in [0.1, 0.15) is 16.7 Å². The van der Waals surface area contributed by atoms with Gasteiger partial charge in [-0.3, -0.25) is 14.4 Å². The fraction of sp³-hybridized carbons (Fsp3) is 0.286. The Balaban J connectivity index is 1.76. The van der Waals surface area contributed by atoms with E-state index in [1.165, 1.54) is 11.9 Å². The summed E-state index contributed by atoms with van der Waals surface area (Å²) in [6.45, 7) is 3.35. The van der Waals surface area contributed by atoms with Crippen molar-refractivity contribution in [3.05, 3.63) is 65.2 Å². The molecule has 0 bridgehead atoms. The molecular formula is C21H24N2O4. The van der Waals surface area contributed by atoms with Crippen molar-refractivity contribution in [3.8, 4) is 0 Å². The summed E-state index contributed by atoms with van der Waals surface area (Å²) in [4.78, 5) is 37.2. The maximum atomic E-state index is 12.1. The molecule has 0 aliphatic heterocycles. The van der Waals surface area contributed by atoms with Gasteiger partial charge in [-0.25, -0.2) is 0 Å². The summed E-state index contributed by atoms with van der Waals surface area (Å²) in [6.07, 6.45) is 0.109. The van der Waals surface area contributed by atoms with Gasteiger partial charge in [0.15, 0.2) is 6.61 Å². The van der Waals surface area contributed by atoms with Gasteiger partial charge in [-0.05, 0) is 37.1 Å². The number of rotatable bonds is 7. The number of aryl methyl sites for hydroxylation is 2. The zero-order valence-corrected chi connectivity index (χ0v) is 15.8. The van der Waals surface area contributed by atoms with E-state index in [1.807, 2.05) is 50.2 Å². The Morgan fingerprint density at radius 1 is 1.00 bits per heavy atom. The third kappa shape index (κ3) is 6.58. The van der Waals surface area contributed by atoms with Crippen LogP contribution in [0, 0.1) is 13.8 Å². The first-order valence-electron chi connectivity index (χ1n) is 8.66. The molecule has 0 aliphatic rings. The van der Waals surface area contributed by atoms with Crippen molar-refractivity contribution in [1.29, 1.82) is 0 Å². The molecular weight excluding hydrogens is 344 g/mol. The number of nitrogens with zero attached hydrogens (tertiary/aromatic N) is 1. The zero-order chi connectivity index (χ0) is 19.8. The summed E-state index contributed by atoms with van der Waals surface area (Å²) >= 11 is 0. The van der Waals surface area contributed by atoms with E-state index in [-0.39, 0.29) is 25.5 Å². The Morgan fingerprint density at radius 3 is 2.33 bits per heavy atom. The minimum atomic E-state index is -0.477. The number of amides is 2. The number of ether oxygens (including phenoxy) is 1. The van der Waals surface area contributed by atoms with Gasteiger partial charge in [-0.15, -0.1) is 0 Å². The van der Waals surface area contributed by atoms with E-state index in [0.717, 1.165) is 16.7 Å². The van der Waals surface area contributed by atoms with Gasteiger partial charge in [0, 0.05) is 12.7 Å². The fourth-order valence-electron chi connectivity index (χ4n) is 2.41. The highest BCUT2D eigenvalue weighted by molar-refractivity contribution is 5.94. The second kappa shape index (κ2) is 9.52. The summed E-state index contributed by atoms with van der Waals surface area (Å²) in [5, 5.41) is 2.72. The number of likely N-dealkylation sites (N-methyl/N-ethyl adjacent to an activating group) is 1. The van der Waals surface area contributed by atoms with Crippen molar-refractivity contribution in [2.24, 2.45) is 0 Å². The summed E-state index contributed by atoms with van der Waals surface area (Å²) in [7, 11) is 1.49. The number of hydrogen-bond acceptors (Lipinski definition) is 4. The quantitative estimate of drug-likeness (QED) is 0.762. The molecule has 0 fully saturated rings. The van der Waals surface area contributed by atoms with E-state index in [1.54, 1.807) is 12.1 Å². The highest BCUT2D eigenvalue weighted by atomic mass is 16.5. The molecule has 1 N–H and O–H groups in total. The molecule has 0 aliphatic carbocycles. The van der Waals surface area contributed by atoms with Crippen LogP contribution in [-0.2, 0) is 25.5 Å². The molecule has 0 spiro atoms. The van der Waals surface area contributed by atoms with Gasteiger partial charge < -0.3 is 15.0 Å². The molecule has 142 valence electrons. The molecule has 6 nitrogen and oxygen atoms in total. The second-order valence-corrected chi connectivity index (χ2v) is 6.43. The van der Waals surface area contributed by atoms with E-state index >= 15 is 0 Å². The number of hydrogen-bond donors (Lipinski definition) is 1. The first-order chi connectivity index (χ1) is 12.8. The van der Waals surface area contributed by atoms with E-state index in [4.69, 9.17) is 4.74 Å². The standard InChI is InChI=1S/C21H24N2O4/c1-15-8-10-18(11-9-15)22-19(24)13-23(3)20(25)14-27-21(26)12-17-7-5-4-6-16(17)2/h4-11H,12-14H2,1-3H3,(H,22,24). The minimum Gasteiger partial charge on any atom is -0.455 e. The van der Waals surface area contributed by atoms with Crippen LogP contribution in [-0.4, -0.2) is 42.9 Å². The maximum Gasteiger partial charge on any atom is 0.310 e. The molecule has 0 radical (unpaired) electrons. The molecule has 0 aromatic heterocycles. The smallest absolute Gasteiger partial charge is 0.310 e. The van der Waals surface area contributed by atoms with E-state index in [0.29, 0.717) is 5.69 Å². The predicted octanol–water partition coefficient (Wildman–Crippen LogP) is 2.49. The van der Waals surface area contributed by atoms with Gasteiger partial charge in [0.1, 0.15) is 0 Å². The number of carbonyl (C=O) groups is 3. The Morgan fingerprint density at radius 2 is 1.67 bits per heavy atom. The van der Waals surface area contributed by atoms with E-state index < -0.39 is 11.9 Å². The van der Waals surface area contributed by atoms with Crippen molar-refractivity contribution in [2.75, 3.05) is 25.5 Å². The first kappa shape index (κ1) is 20.2. The lowest BCUT2D eigenvalue weighted by molar-refractivity contribution is -0.151. The van der Waals surface area contributed by atoms with Crippen LogP contribution in [0.25, 0.3) is 0 Å². The molecule has 0 heterocycles. The Kier molecular flexibility index (Phi) is 7.11. The second-order valence-electron chi connectivity index (χ2n) is 6.43. The van der Waals surface area contributed by atoms with Gasteiger partial charge in [-0.1, -0.05) is 42.0 Å². The van der Waals surface area contributed by atoms with Gasteiger partial charge in [0.25, 0.3) is 5.91 Å². The van der Waals surface area contributed by atoms with Crippen LogP contribution >= 0.6 is 0 Å². The minimum absolute atomic E-state index is 0.109. The summed E-state index contributed by atoms with van der Waals surface area (Å²) in [5.41, 5.74) is 3.61. The molecule has 2 rings (SSSR count). The third-order valence-electron chi connectivity index (χ3n) is 4.09. The SMILES string of the molecule is Cc1ccc(NC(=O)CN(C)C(=O)COC(=O)Cc2ccccc2C)cc1. The normalized spacial score (nSPS) is 10.2. The number of anilines is 1. The van der Waals surface area contributed by atoms with Crippen LogP contribution in [0.3, 0.4) is 0 Å². The molecule has 0 atom stereocenters. The maximum absolute atomic E-state index is 12.1. The number of benzene rings is 2. The van der Waals surface area contributed by atoms with Crippen LogP contribution in [0.5, 0.6) is 0 Å². The molecule has 0 saturated heterocycles. The third-order valence-corrected chi connectivity index (χ3v) is 4.09. The zero-order valence-electron chi connectivity index (χ0n) is 15.8. The van der Waals surface area contributed by atoms with E-state index in [2.05, 4.69) is 5.32 Å². The number of carbonyl (C=O) groups excluding carboxylic acids is 3. The largest absolute Gasteiger partial charge is 0.455 e. The molecule has 2 amide bonds. The van der Waals surface area contributed by atoms with Crippen molar-refractivity contribution in [2.45, 2.75) is 20.3 Å². The Bertz CT molecular complexity index is 815. The highest BCUT2D eigenvalue weighted by Crippen LogP contribution is 2.09. The van der Waals surface area contributed by atoms with Crippen LogP contribution in [0.4, 0.5) is 5.69 Å². The van der Waals surface area contributed by atoms with Gasteiger partial charge in [0.05, 0.1) is 13.0 Å². The van der Waals surface area contributed by atoms with Crippen LogP contribution in [0.2, 0.25) is 0 Å². The monoisotopic (exact) mass is 368 g/mol. The van der Waals surface area contributed by atoms with Gasteiger partial charge in [0.2, 0.25) is 5.91 Å². The summed E-state index contributed by atoms with van der Waals surface area (Å²) < 4.78 is 5.04. The average Bonchev–Trinajstić information content (AvgIpc) is 2.63. The molecule has 0 unspecified atom stereocenters. The van der Waals surface area contributed by atoms with Crippen LogP contribution in [0.15, 0.2) is 48.5 Å². The predicted molar refractivity (Wildman–Crippen MR) is 103 cm³/mol. The highest BCUT2D eigenvalue weighted by Gasteiger charge is 2.16. The van der Waals surface area contributed by atoms with E-state index in [9.17, 15) is 14.4 Å². The Hall–Kier alpha value is -3.15. The Labute approximate surface area is 159 Å². The lowest BCUT2D eigenvalue weighted by Gasteiger charge is -2.17. The number of esters is 1. The van der Waals surface area contributed by atoms with Crippen molar-refractivity contribution >= 4 is 23.5 Å². The topological polar surface area (TPSA) is 75.7 Å². The van der Waals surface area contributed by atoms with Crippen LogP contribution < -0.4 is 5.32 Å². The van der Waals surface area contributed by atoms with Gasteiger partial charge >= 0.3 is 5.97 Å².